The van der Waals surface area contributed by atoms with E-state index in [1.165, 1.54) is 0 Å². The van der Waals surface area contributed by atoms with Gasteiger partial charge in [0, 0.05) is 0 Å². The number of benzene rings is 1. The molecule has 0 heterocycles. The summed E-state index contributed by atoms with van der Waals surface area (Å²) in [6.07, 6.45) is 0. The first-order valence-electron chi connectivity index (χ1n) is 4.89. The van der Waals surface area contributed by atoms with Crippen molar-refractivity contribution in [2.45, 2.75) is 14.7 Å². The lowest BCUT2D eigenvalue weighted by atomic mass is 10.3. The van der Waals surface area contributed by atoms with Crippen LogP contribution in [0.1, 0.15) is 0 Å². The zero-order valence-electron chi connectivity index (χ0n) is 10.7. The molecule has 0 saturated heterocycles. The smallest absolute Gasteiger partial charge is 0.432 e. The molecule has 0 aliphatic rings. The molecule has 16 heteroatoms. The summed E-state index contributed by atoms with van der Waals surface area (Å²) in [4.78, 5) is -2.37. The monoisotopic (exact) mass is 501 g/mol. The molecule has 12 nitrogen and oxygen atoms in total. The third kappa shape index (κ3) is 3.70. The van der Waals surface area contributed by atoms with E-state index in [1.807, 2.05) is 0 Å². The topological polar surface area (TPSA) is 200 Å². The van der Waals surface area contributed by atoms with Gasteiger partial charge in [-0.25, -0.2) is 0 Å². The van der Waals surface area contributed by atoms with Crippen molar-refractivity contribution in [3.05, 3.63) is 8.55 Å². The summed E-state index contributed by atoms with van der Waals surface area (Å²) in [5, 5.41) is 8.87. The molecule has 0 aliphatic heterocycles. The second kappa shape index (κ2) is 6.08. The normalized spacial score (nSPS) is 12.7. The Morgan fingerprint density at radius 2 is 1.30 bits per heavy atom. The molecule has 0 spiro atoms. The minimum Gasteiger partial charge on any atom is -0.494 e. The van der Waals surface area contributed by atoms with Crippen LogP contribution in [-0.4, -0.2) is 46.0 Å². The highest BCUT2D eigenvalue weighted by Gasteiger charge is 2.46. The van der Waals surface area contributed by atoms with Gasteiger partial charge in [0.05, 0.1) is 10.7 Å². The summed E-state index contributed by atoms with van der Waals surface area (Å²) in [6.45, 7) is 0. The van der Waals surface area contributed by atoms with E-state index in [0.29, 0.717) is 0 Å². The quantitative estimate of drug-likeness (QED) is 0.295. The maximum Gasteiger partial charge on any atom is 0.432 e. The highest BCUT2D eigenvalue weighted by atomic mass is 127. The van der Waals surface area contributed by atoms with E-state index in [4.69, 9.17) is 19.1 Å². The molecule has 0 fully saturated rings. The molecule has 0 saturated carbocycles. The zero-order valence-corrected chi connectivity index (χ0v) is 15.3. The number of halogens is 1. The predicted octanol–water partition coefficient (Wildman–Crippen LogP) is 0.524. The summed E-state index contributed by atoms with van der Waals surface area (Å²) < 4.78 is 99.6. The van der Waals surface area contributed by atoms with Gasteiger partial charge in [0.1, 0.15) is 4.90 Å². The van der Waals surface area contributed by atoms with E-state index in [-0.39, 0.29) is 0 Å². The van der Waals surface area contributed by atoms with Crippen molar-refractivity contribution in [1.29, 1.82) is 5.39 Å². The SMILES string of the molecule is COc1c(I)c(S(=O)(=O)O)c(S(=O)(=O)O)c([N+]#N)c1S(=O)(=O)O. The van der Waals surface area contributed by atoms with Crippen molar-refractivity contribution in [2.75, 3.05) is 7.11 Å². The number of hydrogen-bond donors (Lipinski definition) is 3. The van der Waals surface area contributed by atoms with Crippen LogP contribution in [0.2, 0.25) is 0 Å². The highest BCUT2D eigenvalue weighted by molar-refractivity contribution is 14.1. The summed E-state index contributed by atoms with van der Waals surface area (Å²) in [6, 6.07) is 0. The van der Waals surface area contributed by atoms with Crippen molar-refractivity contribution in [1.82, 2.24) is 0 Å². The number of rotatable bonds is 4. The predicted molar refractivity (Wildman–Crippen MR) is 79.9 cm³/mol. The summed E-state index contributed by atoms with van der Waals surface area (Å²) in [7, 11) is -15.3. The van der Waals surface area contributed by atoms with Crippen molar-refractivity contribution < 1.29 is 43.6 Å². The first-order valence-corrected chi connectivity index (χ1v) is 10.3. The fourth-order valence-electron chi connectivity index (χ4n) is 1.60. The van der Waals surface area contributed by atoms with Crippen LogP contribution in [0, 0.1) is 8.96 Å². The average molecular weight is 501 g/mol. The number of hydrogen-bond acceptors (Lipinski definition) is 8. The van der Waals surface area contributed by atoms with Crippen molar-refractivity contribution in [2.24, 2.45) is 0 Å². The Morgan fingerprint density at radius 3 is 1.57 bits per heavy atom. The van der Waals surface area contributed by atoms with Crippen LogP contribution < -0.4 is 4.74 Å². The van der Waals surface area contributed by atoms with Crippen LogP contribution in [0.25, 0.3) is 4.98 Å². The molecule has 1 rings (SSSR count). The Kier molecular flexibility index (Phi) is 5.27. The lowest BCUT2D eigenvalue weighted by Crippen LogP contribution is -2.15. The fourth-order valence-corrected chi connectivity index (χ4v) is 6.44. The van der Waals surface area contributed by atoms with Crippen LogP contribution in [0.15, 0.2) is 14.7 Å². The molecule has 128 valence electrons. The Bertz CT molecular complexity index is 1040. The van der Waals surface area contributed by atoms with E-state index in [2.05, 4.69) is 9.71 Å². The van der Waals surface area contributed by atoms with E-state index < -0.39 is 60.0 Å². The number of methoxy groups -OCH3 is 1. The van der Waals surface area contributed by atoms with Crippen molar-refractivity contribution >= 4 is 58.6 Å². The average Bonchev–Trinajstić information content (AvgIpc) is 2.33. The Balaban J connectivity index is 4.54. The maximum atomic E-state index is 11.4. The first kappa shape index (κ1) is 19.9. The van der Waals surface area contributed by atoms with Gasteiger partial charge in [0.15, 0.2) is 10.7 Å². The molecule has 3 N–H and O–H groups in total. The molecular formula is C7H6IN2O10S3+. The Morgan fingerprint density at radius 1 is 0.913 bits per heavy atom. The molecule has 0 atom stereocenters. The Hall–Kier alpha value is -1.10. The van der Waals surface area contributed by atoms with Gasteiger partial charge in [-0.2, -0.15) is 25.3 Å². The molecule has 1 aromatic rings. The van der Waals surface area contributed by atoms with E-state index in [9.17, 15) is 25.3 Å². The molecule has 0 aliphatic carbocycles. The van der Waals surface area contributed by atoms with Crippen LogP contribution in [0.4, 0.5) is 5.69 Å². The van der Waals surface area contributed by atoms with Gasteiger partial charge in [-0.15, -0.1) is 0 Å². The highest BCUT2D eigenvalue weighted by Crippen LogP contribution is 2.46. The summed E-state index contributed by atoms with van der Waals surface area (Å²) in [5.41, 5.74) is -1.56. The molecule has 0 radical (unpaired) electrons. The number of nitrogens with zero attached hydrogens (tertiary/aromatic N) is 2. The van der Waals surface area contributed by atoms with Gasteiger partial charge in [-0.05, 0) is 22.6 Å². The molecule has 0 amide bonds. The standard InChI is InChI=1S/C7H5IN2O10S3/c1-20-4-2(8)5(21(11,12)13)7(23(17,18)19)3(10-9)6(4)22(14,15)16/h1H3,(H2-,11,12,13,14,15,16,17,18,19)/p+1. The molecule has 23 heavy (non-hydrogen) atoms. The van der Waals surface area contributed by atoms with Gasteiger partial charge in [-0.1, -0.05) is 0 Å². The molecule has 0 bridgehead atoms. The zero-order chi connectivity index (χ0) is 18.4. The van der Waals surface area contributed by atoms with Gasteiger partial charge in [-0.3, -0.25) is 13.7 Å². The van der Waals surface area contributed by atoms with Crippen LogP contribution in [0.5, 0.6) is 5.75 Å². The third-order valence-electron chi connectivity index (χ3n) is 2.32. The minimum atomic E-state index is -5.52. The minimum absolute atomic E-state index is 0.805. The van der Waals surface area contributed by atoms with Crippen molar-refractivity contribution in [3.63, 3.8) is 0 Å². The lowest BCUT2D eigenvalue weighted by Gasteiger charge is -2.12. The molecule has 0 aromatic heterocycles. The lowest BCUT2D eigenvalue weighted by molar-refractivity contribution is 0.390. The van der Waals surface area contributed by atoms with Crippen LogP contribution in [-0.2, 0) is 30.4 Å². The van der Waals surface area contributed by atoms with Gasteiger partial charge < -0.3 is 4.74 Å². The third-order valence-corrected chi connectivity index (χ3v) is 6.58. The van der Waals surface area contributed by atoms with E-state index >= 15 is 0 Å². The van der Waals surface area contributed by atoms with Crippen LogP contribution >= 0.6 is 22.6 Å². The summed E-state index contributed by atoms with van der Waals surface area (Å²) >= 11 is 1.09. The fraction of sp³-hybridized carbons (Fsp3) is 0.143. The number of diazo groups is 1. The molecule has 1 aromatic carbocycles. The number of ether oxygens (including phenoxy) is 1. The molecular weight excluding hydrogens is 495 g/mol. The maximum absolute atomic E-state index is 11.4. The largest absolute Gasteiger partial charge is 0.494 e. The van der Waals surface area contributed by atoms with E-state index in [1.54, 1.807) is 0 Å². The van der Waals surface area contributed by atoms with Gasteiger partial charge >= 0.3 is 25.9 Å². The second-order valence-electron chi connectivity index (χ2n) is 3.71. The molecule has 0 unspecified atom stereocenters. The first-order chi connectivity index (χ1) is 10.2. The van der Waals surface area contributed by atoms with E-state index in [0.717, 1.165) is 29.7 Å². The summed E-state index contributed by atoms with van der Waals surface area (Å²) in [5.74, 6) is -0.930. The van der Waals surface area contributed by atoms with Crippen LogP contribution in [0.3, 0.4) is 0 Å². The van der Waals surface area contributed by atoms with Gasteiger partial charge in [0.25, 0.3) is 10.1 Å². The van der Waals surface area contributed by atoms with Gasteiger partial charge in [0.2, 0.25) is 15.2 Å². The Labute approximate surface area is 143 Å². The second-order valence-corrected chi connectivity index (χ2v) is 8.86. The van der Waals surface area contributed by atoms with Crippen molar-refractivity contribution in [3.8, 4) is 5.75 Å².